The van der Waals surface area contributed by atoms with Gasteiger partial charge in [-0.15, -0.1) is 0 Å². The Morgan fingerprint density at radius 3 is 2.59 bits per heavy atom. The number of nitrogens with zero attached hydrogens (tertiary/aromatic N) is 5. The highest BCUT2D eigenvalue weighted by molar-refractivity contribution is 6.32. The Bertz CT molecular complexity index is 1020. The number of carbonyl (C=O) groups is 1. The van der Waals surface area contributed by atoms with Crippen LogP contribution in [0.15, 0.2) is 53.2 Å². The number of amides is 1. The number of anilines is 1. The maximum absolute atomic E-state index is 12.5. The number of rotatable bonds is 4. The Kier molecular flexibility index (Phi) is 5.57. The lowest BCUT2D eigenvalue weighted by Gasteiger charge is -2.35. The molecule has 0 atom stereocenters. The Morgan fingerprint density at radius 2 is 1.93 bits per heavy atom. The predicted octanol–water partition coefficient (Wildman–Crippen LogP) is 3.46. The van der Waals surface area contributed by atoms with Crippen molar-refractivity contribution >= 4 is 29.4 Å². The largest absolute Gasteiger partial charge is 0.353 e. The fourth-order valence-electron chi connectivity index (χ4n) is 3.15. The third-order valence-electron chi connectivity index (χ3n) is 4.76. The van der Waals surface area contributed by atoms with Crippen LogP contribution in [0.3, 0.4) is 0 Å². The van der Waals surface area contributed by atoms with E-state index in [1.54, 1.807) is 25.3 Å². The van der Waals surface area contributed by atoms with E-state index in [1.807, 2.05) is 41.3 Å². The summed E-state index contributed by atoms with van der Waals surface area (Å²) in [5.74, 6) is 1.91. The highest BCUT2D eigenvalue weighted by Crippen LogP contribution is 2.20. The molecule has 0 N–H and O–H groups in total. The summed E-state index contributed by atoms with van der Waals surface area (Å²) in [5.41, 5.74) is 1.64. The Labute approximate surface area is 173 Å². The lowest BCUT2D eigenvalue weighted by Crippen LogP contribution is -2.48. The van der Waals surface area contributed by atoms with Crippen LogP contribution in [0.1, 0.15) is 11.5 Å². The average Bonchev–Trinajstić information content (AvgIpc) is 3.19. The second kappa shape index (κ2) is 8.45. The van der Waals surface area contributed by atoms with E-state index >= 15 is 0 Å². The summed E-state index contributed by atoms with van der Waals surface area (Å²) < 4.78 is 5.00. The molecule has 29 heavy (non-hydrogen) atoms. The first-order valence-corrected chi connectivity index (χ1v) is 9.71. The van der Waals surface area contributed by atoms with Crippen molar-refractivity contribution in [1.82, 2.24) is 20.0 Å². The van der Waals surface area contributed by atoms with E-state index in [2.05, 4.69) is 20.0 Å². The molecule has 3 aromatic rings. The number of aryl methyl sites for hydroxylation is 1. The number of piperazine rings is 1. The molecule has 0 spiro atoms. The molecule has 1 fully saturated rings. The Morgan fingerprint density at radius 1 is 1.14 bits per heavy atom. The van der Waals surface area contributed by atoms with Crippen LogP contribution in [0.5, 0.6) is 0 Å². The van der Waals surface area contributed by atoms with Gasteiger partial charge in [-0.3, -0.25) is 4.79 Å². The molecule has 4 rings (SSSR count). The zero-order valence-corrected chi connectivity index (χ0v) is 16.7. The minimum Gasteiger partial charge on any atom is -0.353 e. The SMILES string of the molecule is Cc1nc(-c2ccc(N3CCN(C(=O)/C=C/c4ccccc4Cl)CC3)nc2)no1. The molecule has 0 radical (unpaired) electrons. The van der Waals surface area contributed by atoms with Crippen molar-refractivity contribution in [3.8, 4) is 11.4 Å². The fraction of sp³-hybridized carbons (Fsp3) is 0.238. The van der Waals surface area contributed by atoms with Crippen LogP contribution in [-0.4, -0.2) is 52.1 Å². The van der Waals surface area contributed by atoms with E-state index in [0.717, 1.165) is 30.0 Å². The topological polar surface area (TPSA) is 75.4 Å². The fourth-order valence-corrected chi connectivity index (χ4v) is 3.35. The van der Waals surface area contributed by atoms with Gasteiger partial charge in [0.1, 0.15) is 5.82 Å². The third-order valence-corrected chi connectivity index (χ3v) is 5.10. The van der Waals surface area contributed by atoms with E-state index < -0.39 is 0 Å². The van der Waals surface area contributed by atoms with Gasteiger partial charge >= 0.3 is 0 Å². The maximum atomic E-state index is 12.5. The number of carbonyl (C=O) groups excluding carboxylic acids is 1. The molecule has 1 amide bonds. The van der Waals surface area contributed by atoms with Crippen molar-refractivity contribution in [2.75, 3.05) is 31.1 Å². The molecule has 0 bridgehead atoms. The standard InChI is InChI=1S/C21H20ClN5O2/c1-15-24-21(25-29-15)17-6-8-19(23-14-17)26-10-12-27(13-11-26)20(28)9-7-16-4-2-3-5-18(16)22/h2-9,14H,10-13H2,1H3/b9-7+. The smallest absolute Gasteiger partial charge is 0.246 e. The summed E-state index contributed by atoms with van der Waals surface area (Å²) in [6.07, 6.45) is 5.08. The van der Waals surface area contributed by atoms with Gasteiger partial charge in [-0.25, -0.2) is 4.98 Å². The summed E-state index contributed by atoms with van der Waals surface area (Å²) in [6.45, 7) is 4.47. The molecule has 0 aliphatic carbocycles. The van der Waals surface area contributed by atoms with E-state index in [0.29, 0.717) is 29.8 Å². The molecule has 1 aliphatic rings. The number of halogens is 1. The van der Waals surface area contributed by atoms with Gasteiger partial charge in [0, 0.05) is 56.0 Å². The molecule has 2 aromatic heterocycles. The minimum absolute atomic E-state index is 0.0136. The van der Waals surface area contributed by atoms with Crippen molar-refractivity contribution < 1.29 is 9.32 Å². The van der Waals surface area contributed by atoms with Gasteiger partial charge in [0.05, 0.1) is 0 Å². The minimum atomic E-state index is -0.0136. The summed E-state index contributed by atoms with van der Waals surface area (Å²) in [5, 5.41) is 4.54. The maximum Gasteiger partial charge on any atom is 0.246 e. The van der Waals surface area contributed by atoms with Gasteiger partial charge in [-0.1, -0.05) is 35.0 Å². The van der Waals surface area contributed by atoms with Crippen LogP contribution < -0.4 is 4.90 Å². The molecule has 1 saturated heterocycles. The zero-order valence-electron chi connectivity index (χ0n) is 16.0. The van der Waals surface area contributed by atoms with Crippen LogP contribution in [0, 0.1) is 6.92 Å². The zero-order chi connectivity index (χ0) is 20.2. The lowest BCUT2D eigenvalue weighted by molar-refractivity contribution is -0.126. The highest BCUT2D eigenvalue weighted by atomic mass is 35.5. The van der Waals surface area contributed by atoms with Crippen LogP contribution >= 0.6 is 11.6 Å². The van der Waals surface area contributed by atoms with E-state index in [-0.39, 0.29) is 5.91 Å². The Hall–Kier alpha value is -3.19. The second-order valence-electron chi connectivity index (χ2n) is 6.71. The Balaban J connectivity index is 1.34. The predicted molar refractivity (Wildman–Crippen MR) is 112 cm³/mol. The van der Waals surface area contributed by atoms with Crippen molar-refractivity contribution in [3.05, 3.63) is 65.1 Å². The van der Waals surface area contributed by atoms with Gasteiger partial charge < -0.3 is 14.3 Å². The number of hydrogen-bond acceptors (Lipinski definition) is 6. The van der Waals surface area contributed by atoms with Gasteiger partial charge in [0.2, 0.25) is 17.6 Å². The van der Waals surface area contributed by atoms with Crippen LogP contribution in [0.25, 0.3) is 17.5 Å². The van der Waals surface area contributed by atoms with Crippen LogP contribution in [-0.2, 0) is 4.79 Å². The first-order valence-electron chi connectivity index (χ1n) is 9.33. The van der Waals surface area contributed by atoms with Crippen molar-refractivity contribution in [3.63, 3.8) is 0 Å². The highest BCUT2D eigenvalue weighted by Gasteiger charge is 2.20. The molecule has 3 heterocycles. The van der Waals surface area contributed by atoms with Crippen LogP contribution in [0.4, 0.5) is 5.82 Å². The van der Waals surface area contributed by atoms with Crippen LogP contribution in [0.2, 0.25) is 5.02 Å². The van der Waals surface area contributed by atoms with Crippen molar-refractivity contribution in [2.45, 2.75) is 6.92 Å². The molecular weight excluding hydrogens is 390 g/mol. The third kappa shape index (κ3) is 4.46. The molecule has 0 saturated carbocycles. The second-order valence-corrected chi connectivity index (χ2v) is 7.12. The number of pyridine rings is 1. The molecule has 0 unspecified atom stereocenters. The summed E-state index contributed by atoms with van der Waals surface area (Å²) in [7, 11) is 0. The van der Waals surface area contributed by atoms with Crippen molar-refractivity contribution in [2.24, 2.45) is 0 Å². The van der Waals surface area contributed by atoms with Gasteiger partial charge in [-0.05, 0) is 29.8 Å². The summed E-state index contributed by atoms with van der Waals surface area (Å²) in [4.78, 5) is 25.2. The molecule has 8 heteroatoms. The normalized spacial score (nSPS) is 14.6. The van der Waals surface area contributed by atoms with Crippen molar-refractivity contribution in [1.29, 1.82) is 0 Å². The average molecular weight is 410 g/mol. The number of aromatic nitrogens is 3. The molecule has 148 valence electrons. The van der Waals surface area contributed by atoms with E-state index in [9.17, 15) is 4.79 Å². The lowest BCUT2D eigenvalue weighted by atomic mass is 10.2. The summed E-state index contributed by atoms with van der Waals surface area (Å²) in [6, 6.07) is 11.3. The molecular formula is C21H20ClN5O2. The summed E-state index contributed by atoms with van der Waals surface area (Å²) >= 11 is 6.13. The van der Waals surface area contributed by atoms with Gasteiger partial charge in [0.25, 0.3) is 0 Å². The monoisotopic (exact) mass is 409 g/mol. The quantitative estimate of drug-likeness (QED) is 0.614. The molecule has 1 aromatic carbocycles. The first kappa shape index (κ1) is 19.1. The number of hydrogen-bond donors (Lipinski definition) is 0. The first-order chi connectivity index (χ1) is 14.1. The number of benzene rings is 1. The van der Waals surface area contributed by atoms with Gasteiger partial charge in [0.15, 0.2) is 0 Å². The molecule has 7 nitrogen and oxygen atoms in total. The van der Waals surface area contributed by atoms with Gasteiger partial charge in [-0.2, -0.15) is 4.98 Å². The van der Waals surface area contributed by atoms with E-state index in [1.165, 1.54) is 0 Å². The molecule has 1 aliphatic heterocycles. The van der Waals surface area contributed by atoms with E-state index in [4.69, 9.17) is 16.1 Å².